The molecule has 0 fully saturated rings. The van der Waals surface area contributed by atoms with Gasteiger partial charge in [0.25, 0.3) is 0 Å². The van der Waals surface area contributed by atoms with Crippen molar-refractivity contribution >= 4 is 11.9 Å². The van der Waals surface area contributed by atoms with Crippen LogP contribution in [0.2, 0.25) is 0 Å². The Kier molecular flexibility index (Phi) is 46.6. The van der Waals surface area contributed by atoms with Gasteiger partial charge in [0.05, 0.1) is 25.2 Å². The first kappa shape index (κ1) is 58.6. The molecule has 0 radical (unpaired) electrons. The molecule has 0 spiro atoms. The zero-order valence-corrected chi connectivity index (χ0v) is 40.3. The number of rotatable bonds is 46. The molecule has 61 heavy (non-hydrogen) atoms. The van der Waals surface area contributed by atoms with Crippen molar-refractivity contribution in [2.24, 2.45) is 0 Å². The van der Waals surface area contributed by atoms with Crippen molar-refractivity contribution in [2.45, 2.75) is 270 Å². The second-order valence-electron chi connectivity index (χ2n) is 17.5. The van der Waals surface area contributed by atoms with Gasteiger partial charge in [-0.1, -0.05) is 210 Å². The Labute approximate surface area is 378 Å². The number of esters is 1. The van der Waals surface area contributed by atoms with Crippen molar-refractivity contribution in [3.8, 4) is 0 Å². The predicted molar refractivity (Wildman–Crippen MR) is 264 cm³/mol. The van der Waals surface area contributed by atoms with Crippen LogP contribution < -0.4 is 5.32 Å². The minimum absolute atomic E-state index is 0.0598. The standard InChI is InChI=1S/C55H99NO5/c1-4-7-10-13-16-19-21-23-25-26-27-28-29-31-33-36-39-42-45-48-55(60)61-51(46-43-40-37-35-32-30-24-22-20-17-14-11-8-5-2)49-54(59)56-52(50-57)53(58)47-44-41-38-34-18-15-12-9-6-3/h8,11,16-17,19-20,23-25,30,51-53,57-58H,4-7,9-10,12-15,18,21-22,26-29,31-50H2,1-3H3,(H,56,59)/b11-8+,19-16-,20-17+,25-23-,30-24+. The Balaban J connectivity index is 4.56. The summed E-state index contributed by atoms with van der Waals surface area (Å²) in [5, 5.41) is 23.7. The van der Waals surface area contributed by atoms with Gasteiger partial charge in [0.1, 0.15) is 6.10 Å². The number of nitrogens with one attached hydrogen (secondary N) is 1. The maximum atomic E-state index is 13.2. The van der Waals surface area contributed by atoms with Crippen molar-refractivity contribution in [1.29, 1.82) is 0 Å². The van der Waals surface area contributed by atoms with Gasteiger partial charge in [-0.15, -0.1) is 0 Å². The molecule has 3 N–H and O–H groups in total. The number of carbonyl (C=O) groups is 2. The maximum Gasteiger partial charge on any atom is 0.306 e. The first-order chi connectivity index (χ1) is 30.0. The molecule has 0 heterocycles. The Morgan fingerprint density at radius 1 is 0.492 bits per heavy atom. The van der Waals surface area contributed by atoms with Crippen molar-refractivity contribution < 1.29 is 24.5 Å². The van der Waals surface area contributed by atoms with Crippen LogP contribution in [0, 0.1) is 0 Å². The summed E-state index contributed by atoms with van der Waals surface area (Å²) in [6.07, 6.45) is 60.0. The van der Waals surface area contributed by atoms with E-state index in [0.717, 1.165) is 96.3 Å². The molecule has 6 nitrogen and oxygen atoms in total. The van der Waals surface area contributed by atoms with Crippen molar-refractivity contribution in [2.75, 3.05) is 6.61 Å². The molecule has 354 valence electrons. The van der Waals surface area contributed by atoms with E-state index in [1.807, 2.05) is 0 Å². The first-order valence-electron chi connectivity index (χ1n) is 26.0. The highest BCUT2D eigenvalue weighted by Gasteiger charge is 2.24. The maximum absolute atomic E-state index is 13.2. The van der Waals surface area contributed by atoms with E-state index in [9.17, 15) is 19.8 Å². The van der Waals surface area contributed by atoms with Crippen LogP contribution in [-0.4, -0.2) is 46.9 Å². The van der Waals surface area contributed by atoms with Crippen LogP contribution in [0.4, 0.5) is 0 Å². The normalized spacial score (nSPS) is 13.7. The smallest absolute Gasteiger partial charge is 0.306 e. The topological polar surface area (TPSA) is 95.9 Å². The van der Waals surface area contributed by atoms with E-state index >= 15 is 0 Å². The third-order valence-electron chi connectivity index (χ3n) is 11.6. The van der Waals surface area contributed by atoms with Gasteiger partial charge in [-0.3, -0.25) is 9.59 Å². The summed E-state index contributed by atoms with van der Waals surface area (Å²) in [6, 6.07) is -0.709. The molecule has 0 aliphatic rings. The lowest BCUT2D eigenvalue weighted by Crippen LogP contribution is -2.46. The number of unbranched alkanes of at least 4 members (excludes halogenated alkanes) is 24. The zero-order valence-electron chi connectivity index (χ0n) is 40.3. The minimum atomic E-state index is -0.794. The van der Waals surface area contributed by atoms with Gasteiger partial charge < -0.3 is 20.3 Å². The minimum Gasteiger partial charge on any atom is -0.462 e. The Hall–Kier alpha value is -2.44. The molecule has 6 heteroatoms. The molecule has 3 atom stereocenters. The molecule has 1 amide bonds. The van der Waals surface area contributed by atoms with Gasteiger partial charge in [0.15, 0.2) is 0 Å². The number of hydrogen-bond donors (Lipinski definition) is 3. The van der Waals surface area contributed by atoms with E-state index in [1.165, 1.54) is 109 Å². The number of hydrogen-bond acceptors (Lipinski definition) is 5. The molecule has 0 rings (SSSR count). The third-order valence-corrected chi connectivity index (χ3v) is 11.6. The monoisotopic (exact) mass is 854 g/mol. The highest BCUT2D eigenvalue weighted by Crippen LogP contribution is 2.17. The number of allylic oxidation sites excluding steroid dienone is 10. The molecule has 0 aliphatic heterocycles. The van der Waals surface area contributed by atoms with Crippen LogP contribution in [0.25, 0.3) is 0 Å². The molecule has 0 aromatic rings. The molecule has 0 saturated heterocycles. The summed E-state index contributed by atoms with van der Waals surface area (Å²) in [5.74, 6) is -0.500. The zero-order chi connectivity index (χ0) is 44.5. The fourth-order valence-electron chi connectivity index (χ4n) is 7.65. The molecule has 0 bridgehead atoms. The van der Waals surface area contributed by atoms with Gasteiger partial charge in [0.2, 0.25) is 5.91 Å². The van der Waals surface area contributed by atoms with E-state index < -0.39 is 18.2 Å². The van der Waals surface area contributed by atoms with Crippen LogP contribution in [0.3, 0.4) is 0 Å². The molecule has 0 aliphatic carbocycles. The van der Waals surface area contributed by atoms with Crippen LogP contribution in [0.5, 0.6) is 0 Å². The average Bonchev–Trinajstić information content (AvgIpc) is 3.25. The molecule has 0 aromatic carbocycles. The van der Waals surface area contributed by atoms with Gasteiger partial charge in [-0.25, -0.2) is 0 Å². The highest BCUT2D eigenvalue weighted by molar-refractivity contribution is 5.77. The van der Waals surface area contributed by atoms with Crippen LogP contribution in [0.15, 0.2) is 60.8 Å². The third kappa shape index (κ3) is 44.0. The summed E-state index contributed by atoms with van der Waals surface area (Å²) in [6.45, 7) is 6.32. The average molecular weight is 854 g/mol. The second-order valence-corrected chi connectivity index (χ2v) is 17.5. The quantitative estimate of drug-likeness (QED) is 0.0322. The second kappa shape index (κ2) is 48.6. The summed E-state index contributed by atoms with van der Waals surface area (Å²) in [7, 11) is 0. The van der Waals surface area contributed by atoms with Crippen LogP contribution >= 0.6 is 0 Å². The molecular formula is C55H99NO5. The first-order valence-corrected chi connectivity index (χ1v) is 26.0. The largest absolute Gasteiger partial charge is 0.462 e. The fraction of sp³-hybridized carbons (Fsp3) is 0.782. The fourth-order valence-corrected chi connectivity index (χ4v) is 7.65. The lowest BCUT2D eigenvalue weighted by molar-refractivity contribution is -0.151. The predicted octanol–water partition coefficient (Wildman–Crippen LogP) is 15.6. The van der Waals surface area contributed by atoms with Crippen molar-refractivity contribution in [3.63, 3.8) is 0 Å². The number of amides is 1. The van der Waals surface area contributed by atoms with Crippen molar-refractivity contribution in [1.82, 2.24) is 5.32 Å². The van der Waals surface area contributed by atoms with E-state index in [2.05, 4.69) is 86.8 Å². The molecule has 3 unspecified atom stereocenters. The summed E-state index contributed by atoms with van der Waals surface area (Å²) in [5.41, 5.74) is 0. The van der Waals surface area contributed by atoms with Gasteiger partial charge >= 0.3 is 5.97 Å². The van der Waals surface area contributed by atoms with Gasteiger partial charge in [-0.2, -0.15) is 0 Å². The molecule has 0 saturated carbocycles. The lowest BCUT2D eigenvalue weighted by Gasteiger charge is -2.24. The Morgan fingerprint density at radius 3 is 1.38 bits per heavy atom. The highest BCUT2D eigenvalue weighted by atomic mass is 16.5. The van der Waals surface area contributed by atoms with E-state index in [-0.39, 0.29) is 24.9 Å². The molecular weight excluding hydrogens is 755 g/mol. The lowest BCUT2D eigenvalue weighted by atomic mass is 10.0. The number of aliphatic hydroxyl groups is 2. The number of carbonyl (C=O) groups excluding carboxylic acids is 2. The molecule has 0 aromatic heterocycles. The van der Waals surface area contributed by atoms with E-state index in [4.69, 9.17) is 4.74 Å². The van der Waals surface area contributed by atoms with E-state index in [0.29, 0.717) is 19.3 Å². The van der Waals surface area contributed by atoms with Gasteiger partial charge in [0, 0.05) is 6.42 Å². The summed E-state index contributed by atoms with van der Waals surface area (Å²) < 4.78 is 5.93. The Morgan fingerprint density at radius 2 is 0.885 bits per heavy atom. The van der Waals surface area contributed by atoms with Crippen molar-refractivity contribution in [3.05, 3.63) is 60.8 Å². The summed E-state index contributed by atoms with van der Waals surface area (Å²) in [4.78, 5) is 26.1. The van der Waals surface area contributed by atoms with E-state index in [1.54, 1.807) is 0 Å². The van der Waals surface area contributed by atoms with Crippen LogP contribution in [0.1, 0.15) is 252 Å². The SMILES string of the molecule is CC/C=C/C/C=C/C/C=C/CCCCCCC(CC(=O)NC(CO)C(O)CCCCCCCCCCC)OC(=O)CCCCCCCCCCC/C=C\C/C=C\CCCCC. The number of aliphatic hydroxyl groups excluding tert-OH is 2. The van der Waals surface area contributed by atoms with Crippen LogP contribution in [-0.2, 0) is 14.3 Å². The van der Waals surface area contributed by atoms with Gasteiger partial charge in [-0.05, 0) is 89.9 Å². The summed E-state index contributed by atoms with van der Waals surface area (Å²) >= 11 is 0. The number of ether oxygens (including phenoxy) is 1. The Bertz CT molecular complexity index is 1090.